The molecular formula is C24H26N4O3. The summed E-state index contributed by atoms with van der Waals surface area (Å²) in [7, 11) is 1.59. The van der Waals surface area contributed by atoms with Gasteiger partial charge in [-0.05, 0) is 48.4 Å². The van der Waals surface area contributed by atoms with Crippen LogP contribution in [0.4, 0.5) is 17.2 Å². The molecule has 0 unspecified atom stereocenters. The number of para-hydroxylation sites is 2. The van der Waals surface area contributed by atoms with E-state index >= 15 is 0 Å². The summed E-state index contributed by atoms with van der Waals surface area (Å²) >= 11 is 0. The number of nitrogens with zero attached hydrogens (tertiary/aromatic N) is 1. The molecule has 160 valence electrons. The third kappa shape index (κ3) is 6.05. The molecule has 2 amide bonds. The number of hydrogen-bond acceptors (Lipinski definition) is 5. The van der Waals surface area contributed by atoms with Crippen LogP contribution in [0.25, 0.3) is 0 Å². The van der Waals surface area contributed by atoms with E-state index < -0.39 is 0 Å². The number of carbonyl (C=O) groups excluding carboxylic acids is 2. The lowest BCUT2D eigenvalue weighted by molar-refractivity contribution is -0.116. The van der Waals surface area contributed by atoms with E-state index in [9.17, 15) is 9.59 Å². The third-order valence-corrected chi connectivity index (χ3v) is 4.58. The fourth-order valence-corrected chi connectivity index (χ4v) is 3.00. The van der Waals surface area contributed by atoms with Gasteiger partial charge in [0.2, 0.25) is 5.91 Å². The SMILES string of the molecule is CCCC(=O)Nc1ccc(CNC(=O)c2cccnc2Nc2ccccc2OC)cc1. The average molecular weight is 418 g/mol. The number of rotatable bonds is 9. The fourth-order valence-electron chi connectivity index (χ4n) is 3.00. The first-order valence-electron chi connectivity index (χ1n) is 10.1. The zero-order valence-electron chi connectivity index (χ0n) is 17.6. The minimum Gasteiger partial charge on any atom is -0.495 e. The van der Waals surface area contributed by atoms with Gasteiger partial charge in [0.1, 0.15) is 11.6 Å². The van der Waals surface area contributed by atoms with Crippen molar-refractivity contribution in [2.45, 2.75) is 26.3 Å². The van der Waals surface area contributed by atoms with E-state index in [-0.39, 0.29) is 11.8 Å². The Morgan fingerprint density at radius 1 is 1.00 bits per heavy atom. The van der Waals surface area contributed by atoms with E-state index in [1.54, 1.807) is 25.4 Å². The number of anilines is 3. The lowest BCUT2D eigenvalue weighted by Gasteiger charge is -2.13. The molecule has 3 N–H and O–H groups in total. The van der Waals surface area contributed by atoms with Gasteiger partial charge in [-0.25, -0.2) is 4.98 Å². The summed E-state index contributed by atoms with van der Waals surface area (Å²) in [6.07, 6.45) is 2.92. The Morgan fingerprint density at radius 3 is 2.52 bits per heavy atom. The van der Waals surface area contributed by atoms with Gasteiger partial charge in [0, 0.05) is 24.8 Å². The van der Waals surface area contributed by atoms with Crippen LogP contribution in [0.5, 0.6) is 5.75 Å². The van der Waals surface area contributed by atoms with Crippen molar-refractivity contribution in [1.82, 2.24) is 10.3 Å². The highest BCUT2D eigenvalue weighted by atomic mass is 16.5. The Kier molecular flexibility index (Phi) is 7.59. The molecule has 0 aliphatic heterocycles. The van der Waals surface area contributed by atoms with Crippen molar-refractivity contribution in [3.05, 3.63) is 78.0 Å². The van der Waals surface area contributed by atoms with E-state index in [0.29, 0.717) is 30.1 Å². The van der Waals surface area contributed by atoms with Gasteiger partial charge in [-0.15, -0.1) is 0 Å². The highest BCUT2D eigenvalue weighted by Gasteiger charge is 2.14. The average Bonchev–Trinajstić information content (AvgIpc) is 2.79. The molecule has 2 aromatic carbocycles. The van der Waals surface area contributed by atoms with Crippen molar-refractivity contribution in [3.8, 4) is 5.75 Å². The molecule has 31 heavy (non-hydrogen) atoms. The van der Waals surface area contributed by atoms with Gasteiger partial charge >= 0.3 is 0 Å². The number of amides is 2. The van der Waals surface area contributed by atoms with Crippen molar-refractivity contribution in [2.75, 3.05) is 17.7 Å². The lowest BCUT2D eigenvalue weighted by atomic mass is 10.2. The van der Waals surface area contributed by atoms with Gasteiger partial charge in [-0.3, -0.25) is 9.59 Å². The Labute approximate surface area is 181 Å². The molecule has 0 fully saturated rings. The number of methoxy groups -OCH3 is 1. The zero-order chi connectivity index (χ0) is 22.1. The van der Waals surface area contributed by atoms with Crippen molar-refractivity contribution in [1.29, 1.82) is 0 Å². The van der Waals surface area contributed by atoms with E-state index in [1.807, 2.05) is 55.5 Å². The molecule has 0 spiro atoms. The predicted octanol–water partition coefficient (Wildman–Crippen LogP) is 4.50. The van der Waals surface area contributed by atoms with E-state index in [0.717, 1.165) is 23.4 Å². The minimum absolute atomic E-state index is 0.00444. The predicted molar refractivity (Wildman–Crippen MR) is 122 cm³/mol. The monoisotopic (exact) mass is 418 g/mol. The van der Waals surface area contributed by atoms with Gasteiger partial charge in [-0.1, -0.05) is 31.2 Å². The molecule has 1 heterocycles. The van der Waals surface area contributed by atoms with Crippen molar-refractivity contribution in [3.63, 3.8) is 0 Å². The number of benzene rings is 2. The molecule has 3 aromatic rings. The topological polar surface area (TPSA) is 92.4 Å². The molecule has 0 aliphatic carbocycles. The molecule has 0 bridgehead atoms. The summed E-state index contributed by atoms with van der Waals surface area (Å²) < 4.78 is 5.35. The van der Waals surface area contributed by atoms with Gasteiger partial charge in [0.25, 0.3) is 5.91 Å². The minimum atomic E-state index is -0.245. The molecule has 3 rings (SSSR count). The van der Waals surface area contributed by atoms with Crippen LogP contribution in [-0.4, -0.2) is 23.9 Å². The Morgan fingerprint density at radius 2 is 1.77 bits per heavy atom. The molecule has 1 aromatic heterocycles. The smallest absolute Gasteiger partial charge is 0.255 e. The second-order valence-electron chi connectivity index (χ2n) is 6.90. The molecule has 0 saturated heterocycles. The maximum atomic E-state index is 12.8. The fraction of sp³-hybridized carbons (Fsp3) is 0.208. The van der Waals surface area contributed by atoms with Crippen molar-refractivity contribution in [2.24, 2.45) is 0 Å². The summed E-state index contributed by atoms with van der Waals surface area (Å²) in [4.78, 5) is 28.8. The summed E-state index contributed by atoms with van der Waals surface area (Å²) in [6, 6.07) is 18.3. The quantitative estimate of drug-likeness (QED) is 0.476. The number of ether oxygens (including phenoxy) is 1. The Bertz CT molecular complexity index is 1040. The zero-order valence-corrected chi connectivity index (χ0v) is 17.6. The van der Waals surface area contributed by atoms with Crippen molar-refractivity contribution >= 4 is 29.0 Å². The first kappa shape index (κ1) is 21.8. The number of nitrogens with one attached hydrogen (secondary N) is 3. The maximum absolute atomic E-state index is 12.8. The molecule has 0 saturated carbocycles. The van der Waals surface area contributed by atoms with Crippen LogP contribution >= 0.6 is 0 Å². The Balaban J connectivity index is 1.64. The normalized spacial score (nSPS) is 10.3. The lowest BCUT2D eigenvalue weighted by Crippen LogP contribution is -2.24. The van der Waals surface area contributed by atoms with Crippen LogP contribution in [-0.2, 0) is 11.3 Å². The third-order valence-electron chi connectivity index (χ3n) is 4.58. The van der Waals surface area contributed by atoms with Crippen LogP contribution in [0.2, 0.25) is 0 Å². The van der Waals surface area contributed by atoms with Gasteiger partial charge in [0.15, 0.2) is 0 Å². The standard InChI is InChI=1S/C24H26N4O3/c1-3-7-22(29)27-18-13-11-17(12-14-18)16-26-24(30)19-8-6-15-25-23(19)28-20-9-4-5-10-21(20)31-2/h4-6,8-15H,3,7,16H2,1-2H3,(H,25,28)(H,26,30)(H,27,29). The summed E-state index contributed by atoms with van der Waals surface area (Å²) in [6.45, 7) is 2.32. The van der Waals surface area contributed by atoms with Gasteiger partial charge < -0.3 is 20.7 Å². The summed E-state index contributed by atoms with van der Waals surface area (Å²) in [5, 5.41) is 8.93. The van der Waals surface area contributed by atoms with E-state index in [4.69, 9.17) is 4.74 Å². The van der Waals surface area contributed by atoms with E-state index in [2.05, 4.69) is 20.9 Å². The molecule has 7 heteroatoms. The Hall–Kier alpha value is -3.87. The van der Waals surface area contributed by atoms with Crippen LogP contribution in [0.3, 0.4) is 0 Å². The number of aromatic nitrogens is 1. The second kappa shape index (κ2) is 10.8. The van der Waals surface area contributed by atoms with Crippen LogP contribution in [0, 0.1) is 0 Å². The molecule has 0 atom stereocenters. The summed E-state index contributed by atoms with van der Waals surface area (Å²) in [5.74, 6) is 0.852. The molecular weight excluding hydrogens is 392 g/mol. The molecule has 0 aliphatic rings. The maximum Gasteiger partial charge on any atom is 0.255 e. The highest BCUT2D eigenvalue weighted by Crippen LogP contribution is 2.27. The highest BCUT2D eigenvalue weighted by molar-refractivity contribution is 5.99. The van der Waals surface area contributed by atoms with Crippen LogP contribution in [0.1, 0.15) is 35.7 Å². The molecule has 7 nitrogen and oxygen atoms in total. The number of carbonyl (C=O) groups is 2. The van der Waals surface area contributed by atoms with Crippen LogP contribution in [0.15, 0.2) is 66.9 Å². The van der Waals surface area contributed by atoms with Crippen molar-refractivity contribution < 1.29 is 14.3 Å². The second-order valence-corrected chi connectivity index (χ2v) is 6.90. The first-order valence-corrected chi connectivity index (χ1v) is 10.1. The van der Waals surface area contributed by atoms with Crippen LogP contribution < -0.4 is 20.7 Å². The molecule has 0 radical (unpaired) electrons. The number of hydrogen-bond donors (Lipinski definition) is 3. The van der Waals surface area contributed by atoms with E-state index in [1.165, 1.54) is 0 Å². The van der Waals surface area contributed by atoms with Gasteiger partial charge in [0.05, 0.1) is 18.4 Å². The largest absolute Gasteiger partial charge is 0.495 e. The summed E-state index contributed by atoms with van der Waals surface area (Å²) in [5.41, 5.74) is 2.81. The van der Waals surface area contributed by atoms with Gasteiger partial charge in [-0.2, -0.15) is 0 Å². The first-order chi connectivity index (χ1) is 15.1. The number of pyridine rings is 1.